The first-order valence-electron chi connectivity index (χ1n) is 3.66. The standard InChI is InChI=1S/C8H10N2O3/c1-12-8(11)6-4-2-3-5-7(6)10-13-9/h2-6H,9H2,1H3. The third-order valence-corrected chi connectivity index (χ3v) is 1.61. The second-order valence-electron chi connectivity index (χ2n) is 2.37. The topological polar surface area (TPSA) is 73.9 Å². The van der Waals surface area contributed by atoms with E-state index in [2.05, 4.69) is 14.8 Å². The molecule has 0 fully saturated rings. The molecule has 1 aliphatic carbocycles. The molecule has 0 saturated heterocycles. The van der Waals surface area contributed by atoms with Gasteiger partial charge in [0.1, 0.15) is 11.6 Å². The molecule has 0 saturated carbocycles. The van der Waals surface area contributed by atoms with E-state index in [-0.39, 0.29) is 0 Å². The van der Waals surface area contributed by atoms with Crippen LogP contribution in [0.5, 0.6) is 0 Å². The molecule has 5 nitrogen and oxygen atoms in total. The number of hydrogen-bond donors (Lipinski definition) is 1. The molecular formula is C8H10N2O3. The van der Waals surface area contributed by atoms with E-state index < -0.39 is 11.9 Å². The van der Waals surface area contributed by atoms with E-state index in [0.717, 1.165) is 0 Å². The van der Waals surface area contributed by atoms with Gasteiger partial charge in [0.05, 0.1) is 7.11 Å². The number of methoxy groups -OCH3 is 1. The third kappa shape index (κ3) is 2.16. The number of rotatable bonds is 2. The summed E-state index contributed by atoms with van der Waals surface area (Å²) in [6, 6.07) is 0. The Labute approximate surface area is 75.4 Å². The monoisotopic (exact) mass is 182 g/mol. The predicted molar refractivity (Wildman–Crippen MR) is 46.5 cm³/mol. The highest BCUT2D eigenvalue weighted by Crippen LogP contribution is 2.11. The molecular weight excluding hydrogens is 172 g/mol. The first kappa shape index (κ1) is 9.47. The van der Waals surface area contributed by atoms with Crippen LogP contribution in [0.3, 0.4) is 0 Å². The van der Waals surface area contributed by atoms with Crippen LogP contribution in [0.15, 0.2) is 29.5 Å². The number of hydrogen-bond acceptors (Lipinski definition) is 5. The Balaban J connectivity index is 2.82. The third-order valence-electron chi connectivity index (χ3n) is 1.61. The number of nitrogens with zero attached hydrogens (tertiary/aromatic N) is 1. The Morgan fingerprint density at radius 3 is 3.00 bits per heavy atom. The first-order valence-corrected chi connectivity index (χ1v) is 3.66. The van der Waals surface area contributed by atoms with Gasteiger partial charge in [-0.3, -0.25) is 4.79 Å². The van der Waals surface area contributed by atoms with Crippen LogP contribution in [0.2, 0.25) is 0 Å². The second-order valence-corrected chi connectivity index (χ2v) is 2.37. The first-order chi connectivity index (χ1) is 6.29. The van der Waals surface area contributed by atoms with Crippen LogP contribution in [0.4, 0.5) is 0 Å². The van der Waals surface area contributed by atoms with E-state index in [9.17, 15) is 4.79 Å². The molecule has 0 aliphatic heterocycles. The van der Waals surface area contributed by atoms with Gasteiger partial charge in [-0.05, 0) is 6.08 Å². The fourth-order valence-corrected chi connectivity index (χ4v) is 1.01. The number of carbonyl (C=O) groups is 1. The van der Waals surface area contributed by atoms with Crippen molar-refractivity contribution in [2.24, 2.45) is 17.0 Å². The molecule has 1 atom stereocenters. The van der Waals surface area contributed by atoms with Gasteiger partial charge in [-0.15, -0.1) is 5.90 Å². The minimum Gasteiger partial charge on any atom is -0.468 e. The summed E-state index contributed by atoms with van der Waals surface area (Å²) in [5, 5.41) is 3.49. The molecule has 0 amide bonds. The summed E-state index contributed by atoms with van der Waals surface area (Å²) in [4.78, 5) is 15.3. The van der Waals surface area contributed by atoms with Gasteiger partial charge in [0.25, 0.3) is 0 Å². The second kappa shape index (κ2) is 4.42. The Morgan fingerprint density at radius 2 is 2.38 bits per heavy atom. The summed E-state index contributed by atoms with van der Waals surface area (Å²) >= 11 is 0. The van der Waals surface area contributed by atoms with E-state index in [1.165, 1.54) is 7.11 Å². The highest BCUT2D eigenvalue weighted by Gasteiger charge is 2.22. The van der Waals surface area contributed by atoms with Gasteiger partial charge in [-0.1, -0.05) is 23.4 Å². The van der Waals surface area contributed by atoms with Crippen molar-refractivity contribution in [1.29, 1.82) is 0 Å². The molecule has 0 heterocycles. The van der Waals surface area contributed by atoms with Gasteiger partial charge in [-0.2, -0.15) is 0 Å². The summed E-state index contributed by atoms with van der Waals surface area (Å²) < 4.78 is 4.56. The number of ether oxygens (including phenoxy) is 1. The van der Waals surface area contributed by atoms with Crippen molar-refractivity contribution >= 4 is 11.7 Å². The maximum Gasteiger partial charge on any atom is 0.318 e. The lowest BCUT2D eigenvalue weighted by molar-refractivity contribution is -0.141. The normalized spacial score (nSPS) is 23.2. The predicted octanol–water partition coefficient (Wildman–Crippen LogP) is 0.148. The minimum atomic E-state index is -0.529. The molecule has 0 aromatic carbocycles. The van der Waals surface area contributed by atoms with Crippen molar-refractivity contribution in [3.05, 3.63) is 24.3 Å². The minimum absolute atomic E-state index is 0.392. The SMILES string of the molecule is COC(=O)C1C=CC=CC1=NON. The number of oxime groups is 1. The Morgan fingerprint density at radius 1 is 1.62 bits per heavy atom. The summed E-state index contributed by atoms with van der Waals surface area (Å²) in [5.41, 5.74) is 0.428. The van der Waals surface area contributed by atoms with Crippen molar-refractivity contribution < 1.29 is 14.5 Å². The van der Waals surface area contributed by atoms with Crippen LogP contribution in [0.25, 0.3) is 0 Å². The van der Waals surface area contributed by atoms with Crippen LogP contribution in [0.1, 0.15) is 0 Å². The highest BCUT2D eigenvalue weighted by molar-refractivity contribution is 6.10. The van der Waals surface area contributed by atoms with Crippen molar-refractivity contribution in [2.75, 3.05) is 7.11 Å². The number of allylic oxidation sites excluding steroid dienone is 3. The van der Waals surface area contributed by atoms with E-state index in [1.807, 2.05) is 0 Å². The van der Waals surface area contributed by atoms with Crippen molar-refractivity contribution in [3.8, 4) is 0 Å². The Hall–Kier alpha value is -1.62. The quantitative estimate of drug-likeness (QED) is 0.487. The smallest absolute Gasteiger partial charge is 0.318 e. The lowest BCUT2D eigenvalue weighted by Crippen LogP contribution is -2.24. The Kier molecular flexibility index (Phi) is 3.22. The molecule has 0 aromatic heterocycles. The molecule has 0 spiro atoms. The van der Waals surface area contributed by atoms with Crippen LogP contribution < -0.4 is 5.90 Å². The van der Waals surface area contributed by atoms with Crippen LogP contribution in [0, 0.1) is 5.92 Å². The lowest BCUT2D eigenvalue weighted by Gasteiger charge is -2.11. The summed E-state index contributed by atoms with van der Waals surface area (Å²) in [6.45, 7) is 0. The summed E-state index contributed by atoms with van der Waals surface area (Å²) in [5.74, 6) is 3.84. The number of esters is 1. The average Bonchev–Trinajstić information content (AvgIpc) is 2.18. The van der Waals surface area contributed by atoms with Gasteiger partial charge in [-0.25, -0.2) is 0 Å². The van der Waals surface area contributed by atoms with Crippen molar-refractivity contribution in [2.45, 2.75) is 0 Å². The molecule has 1 rings (SSSR count). The van der Waals surface area contributed by atoms with Crippen molar-refractivity contribution in [1.82, 2.24) is 0 Å². The van der Waals surface area contributed by atoms with E-state index in [4.69, 9.17) is 5.90 Å². The van der Waals surface area contributed by atoms with E-state index in [1.54, 1.807) is 24.3 Å². The molecule has 1 unspecified atom stereocenters. The van der Waals surface area contributed by atoms with Crippen LogP contribution in [-0.2, 0) is 14.5 Å². The lowest BCUT2D eigenvalue weighted by atomic mass is 9.99. The zero-order chi connectivity index (χ0) is 9.68. The fourth-order valence-electron chi connectivity index (χ4n) is 1.01. The average molecular weight is 182 g/mol. The maximum atomic E-state index is 11.2. The summed E-state index contributed by atoms with van der Waals surface area (Å²) in [6.07, 6.45) is 6.76. The van der Waals surface area contributed by atoms with E-state index in [0.29, 0.717) is 5.71 Å². The molecule has 0 radical (unpaired) electrons. The summed E-state index contributed by atoms with van der Waals surface area (Å²) in [7, 11) is 1.31. The van der Waals surface area contributed by atoms with E-state index >= 15 is 0 Å². The molecule has 0 aromatic rings. The number of carbonyl (C=O) groups excluding carboxylic acids is 1. The molecule has 0 bridgehead atoms. The van der Waals surface area contributed by atoms with Crippen LogP contribution >= 0.6 is 0 Å². The molecule has 70 valence electrons. The van der Waals surface area contributed by atoms with Crippen molar-refractivity contribution in [3.63, 3.8) is 0 Å². The number of nitrogens with two attached hydrogens (primary N) is 1. The highest BCUT2D eigenvalue weighted by atomic mass is 16.7. The maximum absolute atomic E-state index is 11.2. The molecule has 2 N–H and O–H groups in total. The van der Waals surface area contributed by atoms with Gasteiger partial charge >= 0.3 is 5.97 Å². The van der Waals surface area contributed by atoms with Gasteiger partial charge in [0.2, 0.25) is 0 Å². The fraction of sp³-hybridized carbons (Fsp3) is 0.250. The molecule has 1 aliphatic rings. The van der Waals surface area contributed by atoms with Gasteiger partial charge in [0, 0.05) is 0 Å². The zero-order valence-electron chi connectivity index (χ0n) is 7.14. The Bertz CT molecular complexity index is 281. The molecule has 13 heavy (non-hydrogen) atoms. The largest absolute Gasteiger partial charge is 0.468 e. The van der Waals surface area contributed by atoms with Gasteiger partial charge < -0.3 is 9.68 Å². The molecule has 5 heteroatoms. The van der Waals surface area contributed by atoms with Gasteiger partial charge in [0.15, 0.2) is 0 Å². The zero-order valence-corrected chi connectivity index (χ0v) is 7.14. The van der Waals surface area contributed by atoms with Crippen LogP contribution in [-0.4, -0.2) is 18.8 Å².